The van der Waals surface area contributed by atoms with Crippen molar-refractivity contribution < 1.29 is 18.3 Å². The molecule has 0 aliphatic heterocycles. The van der Waals surface area contributed by atoms with Crippen molar-refractivity contribution in [1.29, 1.82) is 0 Å². The third kappa shape index (κ3) is 4.62. The van der Waals surface area contributed by atoms with Gasteiger partial charge in [0, 0.05) is 29.8 Å². The molecule has 1 amide bonds. The normalized spacial score (nSPS) is 11.2. The van der Waals surface area contributed by atoms with E-state index in [-0.39, 0.29) is 18.1 Å². The first-order valence-electron chi connectivity index (χ1n) is 9.24. The van der Waals surface area contributed by atoms with Crippen molar-refractivity contribution in [3.8, 4) is 5.75 Å². The fourth-order valence-corrected chi connectivity index (χ4v) is 3.16. The van der Waals surface area contributed by atoms with Gasteiger partial charge in [-0.15, -0.1) is 0 Å². The lowest BCUT2D eigenvalue weighted by molar-refractivity contribution is -0.115. The molecule has 1 N–H and O–H groups in total. The number of fused-ring (bicyclic) bond motifs is 1. The van der Waals surface area contributed by atoms with Crippen molar-refractivity contribution in [1.82, 2.24) is 19.6 Å². The summed E-state index contributed by atoms with van der Waals surface area (Å²) in [6, 6.07) is 14.0. The van der Waals surface area contributed by atoms with E-state index in [1.54, 1.807) is 12.1 Å². The van der Waals surface area contributed by atoms with Gasteiger partial charge in [-0.1, -0.05) is 12.1 Å². The third-order valence-corrected chi connectivity index (χ3v) is 4.57. The monoisotopic (exact) mass is 411 g/mol. The first kappa shape index (κ1) is 19.6. The summed E-state index contributed by atoms with van der Waals surface area (Å²) in [5, 5.41) is 12.4. The zero-order chi connectivity index (χ0) is 21.1. The summed E-state index contributed by atoms with van der Waals surface area (Å²) in [5.41, 5.74) is 3.16. The number of hydrogen-bond acceptors (Lipinski definition) is 4. The molecule has 0 radical (unpaired) electrons. The van der Waals surface area contributed by atoms with E-state index in [2.05, 4.69) is 20.3 Å². The summed E-state index contributed by atoms with van der Waals surface area (Å²) in [4.78, 5) is 13.8. The summed E-state index contributed by atoms with van der Waals surface area (Å²) in [6.45, 7) is -2.51. The Balaban J connectivity index is 1.34. The van der Waals surface area contributed by atoms with Crippen LogP contribution in [0.1, 0.15) is 11.3 Å². The quantitative estimate of drug-likeness (QED) is 0.504. The van der Waals surface area contributed by atoms with E-state index in [1.807, 2.05) is 42.1 Å². The molecule has 0 saturated carbocycles. The summed E-state index contributed by atoms with van der Waals surface area (Å²) in [5.74, 6) is -0.0981. The smallest absolute Gasteiger partial charge is 0.387 e. The van der Waals surface area contributed by atoms with Crippen molar-refractivity contribution in [2.75, 3.05) is 5.32 Å². The third-order valence-electron chi connectivity index (χ3n) is 4.57. The van der Waals surface area contributed by atoms with Gasteiger partial charge in [-0.2, -0.15) is 23.8 Å². The van der Waals surface area contributed by atoms with Gasteiger partial charge in [0.1, 0.15) is 5.75 Å². The highest BCUT2D eigenvalue weighted by molar-refractivity contribution is 5.94. The Morgan fingerprint density at radius 1 is 1.17 bits per heavy atom. The van der Waals surface area contributed by atoms with E-state index >= 15 is 0 Å². The molecule has 0 unspecified atom stereocenters. The van der Waals surface area contributed by atoms with Crippen LogP contribution in [-0.2, 0) is 24.8 Å². The van der Waals surface area contributed by atoms with Crippen LogP contribution >= 0.6 is 0 Å². The molecule has 7 nitrogen and oxygen atoms in total. The lowest BCUT2D eigenvalue weighted by atomic mass is 10.2. The number of alkyl halides is 2. The first-order chi connectivity index (χ1) is 14.5. The summed E-state index contributed by atoms with van der Waals surface area (Å²) in [7, 11) is 1.97. The molecule has 0 aliphatic carbocycles. The number of benzene rings is 2. The molecule has 0 bridgehead atoms. The van der Waals surface area contributed by atoms with E-state index in [9.17, 15) is 13.6 Å². The van der Waals surface area contributed by atoms with Gasteiger partial charge in [-0.25, -0.2) is 0 Å². The molecule has 4 rings (SSSR count). The maximum absolute atomic E-state index is 12.3. The molecule has 154 valence electrons. The highest BCUT2D eigenvalue weighted by Gasteiger charge is 2.10. The molecule has 4 aromatic rings. The number of carbonyl (C=O) groups is 1. The van der Waals surface area contributed by atoms with Crippen LogP contribution in [0.25, 0.3) is 10.9 Å². The van der Waals surface area contributed by atoms with E-state index in [1.165, 1.54) is 23.1 Å². The second kappa shape index (κ2) is 8.32. The molecule has 0 saturated heterocycles. The SMILES string of the molecule is Cn1ccc2cc(NC(=O)Cc3cnn(Cc4ccc(OC(F)F)cc4)n3)ccc21. The standard InChI is InChI=1S/C21H19F2N5O2/c1-27-9-8-15-10-16(4-7-19(15)27)25-20(29)11-17-12-24-28(26-17)13-14-2-5-18(6-3-14)30-21(22)23/h2-10,12,21H,11,13H2,1H3,(H,25,29). The number of rotatable bonds is 7. The number of amides is 1. The fourth-order valence-electron chi connectivity index (χ4n) is 3.16. The minimum atomic E-state index is -2.85. The predicted molar refractivity (Wildman–Crippen MR) is 107 cm³/mol. The summed E-state index contributed by atoms with van der Waals surface area (Å²) < 4.78 is 30.7. The van der Waals surface area contributed by atoms with Crippen LogP contribution in [0.5, 0.6) is 5.75 Å². The number of hydrogen-bond donors (Lipinski definition) is 1. The van der Waals surface area contributed by atoms with Gasteiger partial charge < -0.3 is 14.6 Å². The van der Waals surface area contributed by atoms with Gasteiger partial charge >= 0.3 is 6.61 Å². The van der Waals surface area contributed by atoms with Crippen molar-refractivity contribution in [3.63, 3.8) is 0 Å². The van der Waals surface area contributed by atoms with Crippen LogP contribution in [0.15, 0.2) is 60.9 Å². The Hall–Kier alpha value is -3.75. The van der Waals surface area contributed by atoms with Crippen LogP contribution in [0.4, 0.5) is 14.5 Å². The van der Waals surface area contributed by atoms with Gasteiger partial charge in [0.05, 0.1) is 24.9 Å². The topological polar surface area (TPSA) is 74.0 Å². The maximum atomic E-state index is 12.3. The Bertz CT molecular complexity index is 1170. The zero-order valence-corrected chi connectivity index (χ0v) is 16.1. The minimum absolute atomic E-state index is 0.0909. The summed E-state index contributed by atoms with van der Waals surface area (Å²) in [6.07, 6.45) is 3.59. The molecule has 2 heterocycles. The molecule has 0 atom stereocenters. The average molecular weight is 411 g/mol. The second-order valence-corrected chi connectivity index (χ2v) is 6.81. The van der Waals surface area contributed by atoms with Crippen LogP contribution in [-0.4, -0.2) is 32.1 Å². The molecular weight excluding hydrogens is 392 g/mol. The molecule has 2 aromatic heterocycles. The van der Waals surface area contributed by atoms with E-state index < -0.39 is 6.61 Å². The maximum Gasteiger partial charge on any atom is 0.387 e. The van der Waals surface area contributed by atoms with Crippen LogP contribution < -0.4 is 10.1 Å². The molecule has 0 fully saturated rings. The Kier molecular flexibility index (Phi) is 5.42. The molecule has 9 heteroatoms. The molecule has 0 spiro atoms. The van der Waals surface area contributed by atoms with Crippen LogP contribution in [0.3, 0.4) is 0 Å². The van der Waals surface area contributed by atoms with Gasteiger partial charge in [0.2, 0.25) is 5.91 Å². The number of aryl methyl sites for hydroxylation is 1. The number of carbonyl (C=O) groups excluding carboxylic acids is 1. The first-order valence-corrected chi connectivity index (χ1v) is 9.24. The minimum Gasteiger partial charge on any atom is -0.435 e. The molecule has 30 heavy (non-hydrogen) atoms. The highest BCUT2D eigenvalue weighted by atomic mass is 19.3. The largest absolute Gasteiger partial charge is 0.435 e. The zero-order valence-electron chi connectivity index (χ0n) is 16.1. The Morgan fingerprint density at radius 2 is 1.97 bits per heavy atom. The van der Waals surface area contributed by atoms with Crippen LogP contribution in [0.2, 0.25) is 0 Å². The van der Waals surface area contributed by atoms with E-state index in [0.29, 0.717) is 12.2 Å². The molecule has 2 aromatic carbocycles. The second-order valence-electron chi connectivity index (χ2n) is 6.81. The number of ether oxygens (including phenoxy) is 1. The van der Waals surface area contributed by atoms with Gasteiger partial charge in [-0.05, 0) is 42.0 Å². The Morgan fingerprint density at radius 3 is 2.73 bits per heavy atom. The van der Waals surface area contributed by atoms with E-state index in [4.69, 9.17) is 0 Å². The van der Waals surface area contributed by atoms with Crippen molar-refractivity contribution in [3.05, 3.63) is 72.2 Å². The number of anilines is 1. The van der Waals surface area contributed by atoms with Crippen molar-refractivity contribution in [2.45, 2.75) is 19.6 Å². The van der Waals surface area contributed by atoms with Gasteiger partial charge in [0.15, 0.2) is 0 Å². The van der Waals surface area contributed by atoms with Gasteiger partial charge in [0.25, 0.3) is 0 Å². The number of nitrogens with one attached hydrogen (secondary N) is 1. The molecular formula is C21H19F2N5O2. The molecule has 0 aliphatic rings. The highest BCUT2D eigenvalue weighted by Crippen LogP contribution is 2.20. The van der Waals surface area contributed by atoms with Crippen LogP contribution in [0, 0.1) is 0 Å². The number of nitrogens with zero attached hydrogens (tertiary/aromatic N) is 4. The average Bonchev–Trinajstić information content (AvgIpc) is 3.29. The fraction of sp³-hybridized carbons (Fsp3) is 0.190. The van der Waals surface area contributed by atoms with E-state index in [0.717, 1.165) is 22.2 Å². The number of halogens is 2. The van der Waals surface area contributed by atoms with Crippen molar-refractivity contribution in [2.24, 2.45) is 7.05 Å². The number of aromatic nitrogens is 4. The lowest BCUT2D eigenvalue weighted by Gasteiger charge is -2.06. The summed E-state index contributed by atoms with van der Waals surface area (Å²) >= 11 is 0. The van der Waals surface area contributed by atoms with Gasteiger partial charge in [-0.3, -0.25) is 4.79 Å². The lowest BCUT2D eigenvalue weighted by Crippen LogP contribution is -2.15. The predicted octanol–water partition coefficient (Wildman–Crippen LogP) is 3.60. The van der Waals surface area contributed by atoms with Crippen molar-refractivity contribution >= 4 is 22.5 Å². The Labute approximate surface area is 170 Å².